The van der Waals surface area contributed by atoms with Crippen LogP contribution in [0, 0.1) is 0 Å². The number of hydrogen-bond acceptors (Lipinski definition) is 4. The predicted molar refractivity (Wildman–Crippen MR) is 100 cm³/mol. The third kappa shape index (κ3) is 7.70. The van der Waals surface area contributed by atoms with E-state index in [1.807, 2.05) is 0 Å². The highest BCUT2D eigenvalue weighted by Crippen LogP contribution is 2.50. The molecule has 0 rings (SSSR count). The van der Waals surface area contributed by atoms with E-state index in [4.69, 9.17) is 4.52 Å². The smallest absolute Gasteiger partial charge is 0.188 e. The van der Waals surface area contributed by atoms with Crippen LogP contribution in [0.1, 0.15) is 61.8 Å². The fraction of sp³-hybridized carbons (Fsp3) is 1.00. The molecule has 0 aliphatic heterocycles. The van der Waals surface area contributed by atoms with Crippen LogP contribution in [0.15, 0.2) is 0 Å². The van der Waals surface area contributed by atoms with Crippen LogP contribution < -0.4 is 0 Å². The molecule has 0 bridgehead atoms. The van der Waals surface area contributed by atoms with E-state index in [0.29, 0.717) is 24.2 Å². The monoisotopic (exact) mass is 333 g/mol. The lowest BCUT2D eigenvalue weighted by molar-refractivity contribution is 0.182. The molecule has 0 aromatic heterocycles. The summed E-state index contributed by atoms with van der Waals surface area (Å²) in [6.45, 7) is 20.1. The summed E-state index contributed by atoms with van der Waals surface area (Å²) < 4.78 is 11.5. The van der Waals surface area contributed by atoms with Gasteiger partial charge >= 0.3 is 0 Å². The second-order valence-electron chi connectivity index (χ2n) is 7.38. The summed E-state index contributed by atoms with van der Waals surface area (Å²) in [6.07, 6.45) is 1.08. The molecule has 22 heavy (non-hydrogen) atoms. The molecule has 0 spiro atoms. The molecule has 5 heteroatoms. The van der Waals surface area contributed by atoms with Crippen LogP contribution in [0.4, 0.5) is 0 Å². The molecule has 0 aliphatic carbocycles. The highest BCUT2D eigenvalue weighted by molar-refractivity contribution is 7.47. The van der Waals surface area contributed by atoms with Gasteiger partial charge in [-0.2, -0.15) is 0 Å². The van der Waals surface area contributed by atoms with Gasteiger partial charge in [0.25, 0.3) is 0 Å². The van der Waals surface area contributed by atoms with Crippen LogP contribution in [-0.4, -0.2) is 65.7 Å². The molecule has 0 aromatic carbocycles. The summed E-state index contributed by atoms with van der Waals surface area (Å²) in [6, 6.07) is 1.94. The van der Waals surface area contributed by atoms with Crippen molar-refractivity contribution in [2.24, 2.45) is 0 Å². The topological polar surface area (TPSA) is 19.0 Å². The van der Waals surface area contributed by atoms with Gasteiger partial charge in [0.2, 0.25) is 0 Å². The van der Waals surface area contributed by atoms with Gasteiger partial charge in [-0.05, 0) is 82.5 Å². The molecule has 0 heterocycles. The van der Waals surface area contributed by atoms with E-state index in [1.165, 1.54) is 0 Å². The van der Waals surface area contributed by atoms with Crippen molar-refractivity contribution >= 4 is 8.45 Å². The molecule has 0 amide bonds. The Balaban J connectivity index is 5.10. The lowest BCUT2D eigenvalue weighted by Crippen LogP contribution is -2.43. The molecule has 0 radical (unpaired) electrons. The molecule has 134 valence electrons. The Hall–Kier alpha value is 0.270. The normalized spacial score (nSPS) is 13.4. The largest absolute Gasteiger partial charge is 0.331 e. The van der Waals surface area contributed by atoms with Crippen LogP contribution in [0.2, 0.25) is 0 Å². The summed E-state index contributed by atoms with van der Waals surface area (Å²) >= 11 is 0. The van der Waals surface area contributed by atoms with Crippen molar-refractivity contribution in [3.8, 4) is 0 Å². The molecular weight excluding hydrogens is 293 g/mol. The molecule has 0 N–H and O–H groups in total. The third-order valence-electron chi connectivity index (χ3n) is 3.47. The molecule has 0 fully saturated rings. The van der Waals surface area contributed by atoms with E-state index in [2.05, 4.69) is 83.7 Å². The average Bonchev–Trinajstić information content (AvgIpc) is 2.31. The fourth-order valence-electron chi connectivity index (χ4n) is 2.76. The molecular formula is C17H40N3OP. The lowest BCUT2D eigenvalue weighted by atomic mass is 10.3. The first-order valence-corrected chi connectivity index (χ1v) is 9.90. The van der Waals surface area contributed by atoms with Crippen LogP contribution in [0.25, 0.3) is 0 Å². The zero-order chi connectivity index (χ0) is 17.4. The Morgan fingerprint density at radius 1 is 0.727 bits per heavy atom. The van der Waals surface area contributed by atoms with Gasteiger partial charge in [-0.1, -0.05) is 0 Å². The predicted octanol–water partition coefficient (Wildman–Crippen LogP) is 4.42. The maximum atomic E-state index is 6.45. The molecule has 0 saturated carbocycles. The fourth-order valence-corrected chi connectivity index (χ4v) is 5.14. The van der Waals surface area contributed by atoms with Gasteiger partial charge in [-0.3, -0.25) is 0 Å². The van der Waals surface area contributed by atoms with Crippen LogP contribution >= 0.6 is 8.45 Å². The second kappa shape index (κ2) is 10.9. The first-order valence-electron chi connectivity index (χ1n) is 8.73. The van der Waals surface area contributed by atoms with E-state index in [1.54, 1.807) is 0 Å². The second-order valence-corrected chi connectivity index (χ2v) is 9.07. The number of rotatable bonds is 11. The van der Waals surface area contributed by atoms with Crippen molar-refractivity contribution in [3.05, 3.63) is 0 Å². The summed E-state index contributed by atoms with van der Waals surface area (Å²) in [5, 5.41) is 0. The quantitative estimate of drug-likeness (QED) is 0.411. The van der Waals surface area contributed by atoms with Gasteiger partial charge in [0.1, 0.15) is 0 Å². The highest BCUT2D eigenvalue weighted by Gasteiger charge is 2.34. The maximum absolute atomic E-state index is 6.45. The van der Waals surface area contributed by atoms with Crippen LogP contribution in [-0.2, 0) is 4.52 Å². The van der Waals surface area contributed by atoms with Gasteiger partial charge in [0.05, 0.1) is 6.61 Å². The van der Waals surface area contributed by atoms with E-state index in [9.17, 15) is 0 Å². The van der Waals surface area contributed by atoms with E-state index in [-0.39, 0.29) is 0 Å². The molecule has 0 aromatic rings. The molecule has 0 aliphatic rings. The van der Waals surface area contributed by atoms with E-state index >= 15 is 0 Å². The Bertz CT molecular complexity index is 247. The Kier molecular flexibility index (Phi) is 11.1. The summed E-state index contributed by atoms with van der Waals surface area (Å²) in [5.74, 6) is 0. The Morgan fingerprint density at radius 3 is 1.36 bits per heavy atom. The van der Waals surface area contributed by atoms with E-state index < -0.39 is 8.45 Å². The van der Waals surface area contributed by atoms with Crippen molar-refractivity contribution in [1.82, 2.24) is 14.2 Å². The van der Waals surface area contributed by atoms with Crippen LogP contribution in [0.5, 0.6) is 0 Å². The van der Waals surface area contributed by atoms with Crippen LogP contribution in [0.3, 0.4) is 0 Å². The summed E-state index contributed by atoms with van der Waals surface area (Å²) in [4.78, 5) is 2.22. The maximum Gasteiger partial charge on any atom is 0.188 e. The minimum absolute atomic E-state index is 0.486. The molecule has 0 unspecified atom stereocenters. The highest BCUT2D eigenvalue weighted by atomic mass is 31.2. The van der Waals surface area contributed by atoms with Gasteiger partial charge in [-0.25, -0.2) is 9.34 Å². The minimum atomic E-state index is -0.728. The number of hydrogen-bond donors (Lipinski definition) is 0. The molecule has 0 saturated heterocycles. The summed E-state index contributed by atoms with van der Waals surface area (Å²) in [5.41, 5.74) is 0. The zero-order valence-electron chi connectivity index (χ0n) is 16.6. The Labute approximate surface area is 141 Å². The lowest BCUT2D eigenvalue weighted by Gasteiger charge is -2.45. The van der Waals surface area contributed by atoms with Gasteiger partial charge in [0.15, 0.2) is 8.45 Å². The Morgan fingerprint density at radius 2 is 1.09 bits per heavy atom. The van der Waals surface area contributed by atoms with E-state index in [0.717, 1.165) is 19.6 Å². The average molecular weight is 334 g/mol. The van der Waals surface area contributed by atoms with Crippen molar-refractivity contribution in [2.75, 3.05) is 27.2 Å². The van der Waals surface area contributed by atoms with Crippen molar-refractivity contribution in [2.45, 2.75) is 86.0 Å². The summed E-state index contributed by atoms with van der Waals surface area (Å²) in [7, 11) is 3.51. The standard InChI is InChI=1S/C17H40N3OP/c1-14(2)19(15(3)4)22(20(16(5)6)17(7)8)21-13-11-12-18(9)10/h14-17H,11-13H2,1-10H3. The van der Waals surface area contributed by atoms with Crippen molar-refractivity contribution in [3.63, 3.8) is 0 Å². The van der Waals surface area contributed by atoms with Crippen molar-refractivity contribution in [1.29, 1.82) is 0 Å². The first-order chi connectivity index (χ1) is 10.1. The minimum Gasteiger partial charge on any atom is -0.331 e. The number of nitrogens with zero attached hydrogens (tertiary/aromatic N) is 3. The van der Waals surface area contributed by atoms with Crippen molar-refractivity contribution < 1.29 is 4.52 Å². The SMILES string of the molecule is CC(C)N(C(C)C)P(OCCCN(C)C)N(C(C)C)C(C)C. The van der Waals surface area contributed by atoms with Gasteiger partial charge in [0, 0.05) is 24.2 Å². The van der Waals surface area contributed by atoms with Gasteiger partial charge in [-0.15, -0.1) is 0 Å². The molecule has 4 nitrogen and oxygen atoms in total. The zero-order valence-corrected chi connectivity index (χ0v) is 17.5. The molecule has 0 atom stereocenters. The third-order valence-corrected chi connectivity index (χ3v) is 6.52. The first kappa shape index (κ1) is 22.3. The van der Waals surface area contributed by atoms with Gasteiger partial charge < -0.3 is 9.42 Å².